The van der Waals surface area contributed by atoms with Crippen molar-refractivity contribution in [2.45, 2.75) is 38.6 Å². The largest absolute Gasteiger partial charge is 0.340 e. The molecule has 2 unspecified atom stereocenters. The standard InChI is InChI=1S/C8H13NO2/c1-6-8(10-6)11-9-7-4-2-3-5-7/h4,6,8-9H,2-3,5H2,1H3. The zero-order valence-electron chi connectivity index (χ0n) is 6.67. The van der Waals surface area contributed by atoms with Gasteiger partial charge in [0.25, 0.3) is 0 Å². The lowest BCUT2D eigenvalue weighted by Gasteiger charge is -2.03. The molecule has 0 aromatic carbocycles. The molecule has 0 bridgehead atoms. The van der Waals surface area contributed by atoms with Crippen molar-refractivity contribution in [3.8, 4) is 0 Å². The van der Waals surface area contributed by atoms with Crippen molar-refractivity contribution in [2.75, 3.05) is 0 Å². The third-order valence-electron chi connectivity index (χ3n) is 2.00. The highest BCUT2D eigenvalue weighted by atomic mass is 16.8. The van der Waals surface area contributed by atoms with Crippen molar-refractivity contribution >= 4 is 0 Å². The van der Waals surface area contributed by atoms with E-state index in [1.165, 1.54) is 18.5 Å². The summed E-state index contributed by atoms with van der Waals surface area (Å²) in [5, 5.41) is 0. The van der Waals surface area contributed by atoms with Gasteiger partial charge in [-0.25, -0.2) is 4.84 Å². The SMILES string of the molecule is CC1OC1ONC1=CCCC1. The predicted octanol–water partition coefficient (Wildman–Crippen LogP) is 1.32. The van der Waals surface area contributed by atoms with Gasteiger partial charge in [-0.15, -0.1) is 0 Å². The lowest BCUT2D eigenvalue weighted by Crippen LogP contribution is -2.15. The number of allylic oxidation sites excluding steroid dienone is 2. The highest BCUT2D eigenvalue weighted by Gasteiger charge is 2.36. The van der Waals surface area contributed by atoms with E-state index in [1.807, 2.05) is 6.92 Å². The monoisotopic (exact) mass is 155 g/mol. The smallest absolute Gasteiger partial charge is 0.210 e. The fraction of sp³-hybridized carbons (Fsp3) is 0.750. The van der Waals surface area contributed by atoms with E-state index in [2.05, 4.69) is 11.6 Å². The van der Waals surface area contributed by atoms with Crippen LogP contribution in [-0.4, -0.2) is 12.4 Å². The molecule has 3 heteroatoms. The maximum Gasteiger partial charge on any atom is 0.210 e. The maximum absolute atomic E-state index is 5.21. The highest BCUT2D eigenvalue weighted by molar-refractivity contribution is 5.03. The molecule has 2 aliphatic rings. The van der Waals surface area contributed by atoms with Crippen molar-refractivity contribution < 1.29 is 9.57 Å². The van der Waals surface area contributed by atoms with Gasteiger partial charge in [0.1, 0.15) is 6.10 Å². The first-order chi connectivity index (χ1) is 5.36. The fourth-order valence-corrected chi connectivity index (χ4v) is 1.19. The summed E-state index contributed by atoms with van der Waals surface area (Å²) in [4.78, 5) is 5.21. The summed E-state index contributed by atoms with van der Waals surface area (Å²) >= 11 is 0. The van der Waals surface area contributed by atoms with Crippen LogP contribution in [0.4, 0.5) is 0 Å². The third kappa shape index (κ3) is 1.73. The maximum atomic E-state index is 5.21. The van der Waals surface area contributed by atoms with Gasteiger partial charge >= 0.3 is 0 Å². The molecule has 2 rings (SSSR count). The van der Waals surface area contributed by atoms with Crippen LogP contribution in [0, 0.1) is 0 Å². The fourth-order valence-electron chi connectivity index (χ4n) is 1.19. The number of epoxide rings is 1. The van der Waals surface area contributed by atoms with Gasteiger partial charge < -0.3 is 4.74 Å². The molecule has 1 N–H and O–H groups in total. The summed E-state index contributed by atoms with van der Waals surface area (Å²) in [7, 11) is 0. The van der Waals surface area contributed by atoms with Crippen LogP contribution in [0.1, 0.15) is 26.2 Å². The number of rotatable bonds is 3. The molecule has 1 aliphatic carbocycles. The Bertz CT molecular complexity index is 179. The van der Waals surface area contributed by atoms with Gasteiger partial charge in [-0.05, 0) is 26.2 Å². The van der Waals surface area contributed by atoms with Crippen molar-refractivity contribution in [2.24, 2.45) is 0 Å². The number of hydrogen-bond donors (Lipinski definition) is 1. The van der Waals surface area contributed by atoms with Gasteiger partial charge in [-0.1, -0.05) is 6.08 Å². The minimum absolute atomic E-state index is 0.0171. The van der Waals surface area contributed by atoms with Crippen molar-refractivity contribution in [3.05, 3.63) is 11.8 Å². The Labute approximate surface area is 66.3 Å². The Morgan fingerprint density at radius 3 is 3.09 bits per heavy atom. The molecule has 11 heavy (non-hydrogen) atoms. The summed E-state index contributed by atoms with van der Waals surface area (Å²) in [5.74, 6) is 0. The molecule has 62 valence electrons. The van der Waals surface area contributed by atoms with E-state index in [-0.39, 0.29) is 12.4 Å². The lowest BCUT2D eigenvalue weighted by atomic mass is 10.3. The van der Waals surface area contributed by atoms with Crippen LogP contribution >= 0.6 is 0 Å². The zero-order valence-corrected chi connectivity index (χ0v) is 6.67. The number of hydrogen-bond acceptors (Lipinski definition) is 3. The molecule has 1 saturated heterocycles. The van der Waals surface area contributed by atoms with Crippen LogP contribution in [-0.2, 0) is 9.57 Å². The Morgan fingerprint density at radius 1 is 1.73 bits per heavy atom. The van der Waals surface area contributed by atoms with Gasteiger partial charge in [-0.2, -0.15) is 0 Å². The lowest BCUT2D eigenvalue weighted by molar-refractivity contribution is -0.00790. The molecular weight excluding hydrogens is 142 g/mol. The normalized spacial score (nSPS) is 35.2. The van der Waals surface area contributed by atoms with Crippen molar-refractivity contribution in [1.29, 1.82) is 0 Å². The van der Waals surface area contributed by atoms with Crippen LogP contribution in [0.3, 0.4) is 0 Å². The molecule has 0 aromatic heterocycles. The molecule has 3 nitrogen and oxygen atoms in total. The Kier molecular flexibility index (Phi) is 1.84. The molecule has 1 aliphatic heterocycles. The van der Waals surface area contributed by atoms with E-state index < -0.39 is 0 Å². The molecule has 0 radical (unpaired) electrons. The Balaban J connectivity index is 1.66. The van der Waals surface area contributed by atoms with Crippen LogP contribution in [0.5, 0.6) is 0 Å². The molecular formula is C8H13NO2. The van der Waals surface area contributed by atoms with Crippen LogP contribution in [0.2, 0.25) is 0 Å². The molecule has 1 heterocycles. The molecule has 0 spiro atoms. The molecule has 0 aromatic rings. The summed E-state index contributed by atoms with van der Waals surface area (Å²) in [6, 6.07) is 0. The molecule has 2 atom stereocenters. The number of hydroxylamine groups is 1. The van der Waals surface area contributed by atoms with Gasteiger partial charge in [0.2, 0.25) is 6.29 Å². The number of ether oxygens (including phenoxy) is 1. The van der Waals surface area contributed by atoms with Crippen LogP contribution in [0.25, 0.3) is 0 Å². The van der Waals surface area contributed by atoms with E-state index in [1.54, 1.807) is 0 Å². The second kappa shape index (κ2) is 2.83. The van der Waals surface area contributed by atoms with Gasteiger partial charge in [0, 0.05) is 5.70 Å². The summed E-state index contributed by atoms with van der Waals surface area (Å²) in [5.41, 5.74) is 4.11. The zero-order chi connectivity index (χ0) is 7.68. The first-order valence-corrected chi connectivity index (χ1v) is 4.12. The second-order valence-electron chi connectivity index (χ2n) is 3.05. The predicted molar refractivity (Wildman–Crippen MR) is 40.5 cm³/mol. The average molecular weight is 155 g/mol. The minimum Gasteiger partial charge on any atom is -0.340 e. The van der Waals surface area contributed by atoms with Crippen molar-refractivity contribution in [1.82, 2.24) is 5.48 Å². The summed E-state index contributed by atoms with van der Waals surface area (Å²) in [6.07, 6.45) is 5.95. The third-order valence-corrected chi connectivity index (χ3v) is 2.00. The van der Waals surface area contributed by atoms with E-state index >= 15 is 0 Å². The summed E-state index contributed by atoms with van der Waals surface area (Å²) < 4.78 is 5.06. The van der Waals surface area contributed by atoms with E-state index in [9.17, 15) is 0 Å². The van der Waals surface area contributed by atoms with Crippen molar-refractivity contribution in [3.63, 3.8) is 0 Å². The highest BCUT2D eigenvalue weighted by Crippen LogP contribution is 2.22. The van der Waals surface area contributed by atoms with Crippen LogP contribution < -0.4 is 5.48 Å². The summed E-state index contributed by atoms with van der Waals surface area (Å²) in [6.45, 7) is 2.00. The van der Waals surface area contributed by atoms with Gasteiger partial charge in [0.15, 0.2) is 0 Å². The number of nitrogens with one attached hydrogen (secondary N) is 1. The second-order valence-corrected chi connectivity index (χ2v) is 3.05. The Morgan fingerprint density at radius 2 is 2.55 bits per heavy atom. The van der Waals surface area contributed by atoms with Gasteiger partial charge in [0.05, 0.1) is 0 Å². The first kappa shape index (κ1) is 7.13. The van der Waals surface area contributed by atoms with Gasteiger partial charge in [-0.3, -0.25) is 5.48 Å². The average Bonchev–Trinajstić information content (AvgIpc) is 2.55. The van der Waals surface area contributed by atoms with E-state index in [0.29, 0.717) is 0 Å². The topological polar surface area (TPSA) is 33.8 Å². The van der Waals surface area contributed by atoms with Crippen LogP contribution in [0.15, 0.2) is 11.8 Å². The Hall–Kier alpha value is -0.540. The minimum atomic E-state index is -0.0171. The quantitative estimate of drug-likeness (QED) is 0.493. The first-order valence-electron chi connectivity index (χ1n) is 4.12. The molecule has 0 saturated carbocycles. The van der Waals surface area contributed by atoms with E-state index in [0.717, 1.165) is 6.42 Å². The van der Waals surface area contributed by atoms with E-state index in [4.69, 9.17) is 9.57 Å². The molecule has 0 amide bonds. The molecule has 1 fully saturated rings.